The first-order chi connectivity index (χ1) is 24.2. The first-order valence-electron chi connectivity index (χ1n) is 16.9. The van der Waals surface area contributed by atoms with Gasteiger partial charge in [0.05, 0.1) is 30.3 Å². The molecule has 51 heavy (non-hydrogen) atoms. The third-order valence-corrected chi connectivity index (χ3v) is 9.40. The van der Waals surface area contributed by atoms with Gasteiger partial charge in [-0.05, 0) is 25.7 Å². The number of ether oxygens (including phenoxy) is 3. The van der Waals surface area contributed by atoms with Crippen molar-refractivity contribution in [1.29, 1.82) is 0 Å². The van der Waals surface area contributed by atoms with Crippen LogP contribution in [-0.4, -0.2) is 158 Å². The molecule has 2 amide bonds. The lowest BCUT2D eigenvalue weighted by Gasteiger charge is -2.47. The van der Waals surface area contributed by atoms with E-state index < -0.39 is 115 Å². The number of nitrogens with two attached hydrogens (primary N) is 5. The molecular formula is C29H52N10O12. The topological polar surface area (TPSA) is 384 Å². The number of carbonyl (C=O) groups is 2. The van der Waals surface area contributed by atoms with Crippen molar-refractivity contribution in [3.63, 3.8) is 0 Å². The number of aliphatic hydroxyl groups excluding tert-OH is 5. The quantitative estimate of drug-likeness (QED) is 0.0744. The van der Waals surface area contributed by atoms with E-state index in [0.29, 0.717) is 12.8 Å². The molecule has 3 aliphatic rings. The predicted octanol–water partition coefficient (Wildman–Crippen LogP) is -8.62. The molecule has 4 rings (SSSR count). The van der Waals surface area contributed by atoms with Gasteiger partial charge >= 0.3 is 5.69 Å². The van der Waals surface area contributed by atoms with Gasteiger partial charge in [-0.15, -0.1) is 0 Å². The molecule has 19 N–H and O–H groups in total. The summed E-state index contributed by atoms with van der Waals surface area (Å²) in [5.41, 5.74) is 28.6. The van der Waals surface area contributed by atoms with Crippen molar-refractivity contribution >= 4 is 11.8 Å². The van der Waals surface area contributed by atoms with Gasteiger partial charge in [0.1, 0.15) is 30.5 Å². The van der Waals surface area contributed by atoms with E-state index >= 15 is 0 Å². The van der Waals surface area contributed by atoms with Crippen LogP contribution in [0, 0.1) is 0 Å². The van der Waals surface area contributed by atoms with E-state index in [9.17, 15) is 44.7 Å². The molecule has 3 heterocycles. The standard InChI is InChI=1S/C29H52N10O12/c30-10-14-19(42)20(43)16(34)28(49-14)51-23-13(33)9-12(32)18(41)17(23)35-6-7-37-25(46)11(31)3-1-2-5-36-26(47)24-21(44)22(45)27(50-24)39-8-4-15(40)38-29(39)48/h4,8,11-14,16-24,27-28,35,41-45H,1-3,5-7,9-10,30-34H2,(H,36,47)(H,37,46)(H,38,40,48)/t11-,12+,13-,14+,16+,17-,18-,19+,20+,21-,22+,23+,24-,27+,28+/m0/s1. The van der Waals surface area contributed by atoms with Gasteiger partial charge in [-0.25, -0.2) is 4.79 Å². The van der Waals surface area contributed by atoms with Crippen molar-refractivity contribution in [1.82, 2.24) is 25.5 Å². The number of aromatic nitrogens is 2. The Kier molecular flexibility index (Phi) is 14.6. The number of aliphatic hydroxyl groups is 5. The number of amides is 2. The molecule has 0 unspecified atom stereocenters. The summed E-state index contributed by atoms with van der Waals surface area (Å²) in [6.45, 7) is 0.319. The molecule has 290 valence electrons. The van der Waals surface area contributed by atoms with Gasteiger partial charge in [-0.3, -0.25) is 23.9 Å². The van der Waals surface area contributed by atoms with Gasteiger partial charge in [-0.2, -0.15) is 0 Å². The number of hydrogen-bond acceptors (Lipinski definition) is 18. The van der Waals surface area contributed by atoms with Crippen molar-refractivity contribution in [2.75, 3.05) is 26.2 Å². The molecule has 2 aliphatic heterocycles. The Morgan fingerprint density at radius 2 is 1.67 bits per heavy atom. The maximum atomic E-state index is 12.6. The van der Waals surface area contributed by atoms with Crippen LogP contribution in [0.15, 0.2) is 21.9 Å². The van der Waals surface area contributed by atoms with E-state index in [1.165, 1.54) is 0 Å². The lowest BCUT2D eigenvalue weighted by molar-refractivity contribution is -0.279. The first-order valence-corrected chi connectivity index (χ1v) is 16.9. The van der Waals surface area contributed by atoms with Gasteiger partial charge in [0.25, 0.3) is 11.5 Å². The molecule has 22 heteroatoms. The van der Waals surface area contributed by atoms with Crippen LogP contribution < -0.4 is 55.9 Å². The first kappa shape index (κ1) is 40.8. The summed E-state index contributed by atoms with van der Waals surface area (Å²) in [4.78, 5) is 50.6. The third kappa shape index (κ3) is 9.74. The summed E-state index contributed by atoms with van der Waals surface area (Å²) in [5, 5.41) is 60.4. The van der Waals surface area contributed by atoms with Crippen LogP contribution in [0.25, 0.3) is 0 Å². The smallest absolute Gasteiger partial charge is 0.330 e. The Hall–Kier alpha value is -2.94. The van der Waals surface area contributed by atoms with Crippen molar-refractivity contribution < 1.29 is 49.3 Å². The molecule has 22 nitrogen and oxygen atoms in total. The largest absolute Gasteiger partial charge is 0.390 e. The van der Waals surface area contributed by atoms with Crippen LogP contribution in [0.1, 0.15) is 31.9 Å². The van der Waals surface area contributed by atoms with E-state index in [0.717, 1.165) is 16.8 Å². The summed E-state index contributed by atoms with van der Waals surface area (Å²) in [7, 11) is 0. The minimum atomic E-state index is -1.63. The third-order valence-electron chi connectivity index (χ3n) is 9.40. The highest BCUT2D eigenvalue weighted by atomic mass is 16.7. The van der Waals surface area contributed by atoms with Crippen LogP contribution in [0.5, 0.6) is 0 Å². The molecule has 1 saturated carbocycles. The fourth-order valence-corrected chi connectivity index (χ4v) is 6.38. The van der Waals surface area contributed by atoms with Crippen LogP contribution in [0.3, 0.4) is 0 Å². The molecule has 1 aliphatic carbocycles. The summed E-state index contributed by atoms with van der Waals surface area (Å²) < 4.78 is 18.0. The van der Waals surface area contributed by atoms with E-state index in [-0.39, 0.29) is 39.0 Å². The summed E-state index contributed by atoms with van der Waals surface area (Å²) >= 11 is 0. The van der Waals surface area contributed by atoms with Gasteiger partial charge in [0.2, 0.25) is 5.91 Å². The monoisotopic (exact) mass is 732 g/mol. The van der Waals surface area contributed by atoms with E-state index in [2.05, 4.69) is 16.0 Å². The number of unbranched alkanes of at least 4 members (excludes halogenated alkanes) is 1. The molecule has 0 spiro atoms. The minimum absolute atomic E-state index is 0.102. The Balaban J connectivity index is 1.16. The zero-order valence-corrected chi connectivity index (χ0v) is 27.9. The van der Waals surface area contributed by atoms with Crippen molar-refractivity contribution in [3.05, 3.63) is 33.1 Å². The van der Waals surface area contributed by atoms with Gasteiger partial charge in [0.15, 0.2) is 18.6 Å². The van der Waals surface area contributed by atoms with E-state index in [4.69, 9.17) is 42.9 Å². The molecule has 1 aromatic heterocycles. The second-order valence-electron chi connectivity index (χ2n) is 13.1. The number of hydrogen-bond donors (Lipinski definition) is 14. The maximum Gasteiger partial charge on any atom is 0.330 e. The Bertz CT molecular complexity index is 1420. The fraction of sp³-hybridized carbons (Fsp3) is 0.793. The Morgan fingerprint density at radius 3 is 2.35 bits per heavy atom. The Labute approximate surface area is 291 Å². The molecular weight excluding hydrogens is 680 g/mol. The van der Waals surface area contributed by atoms with Gasteiger partial charge in [0, 0.05) is 50.5 Å². The minimum Gasteiger partial charge on any atom is -0.390 e. The number of nitrogens with one attached hydrogen (secondary N) is 4. The van der Waals surface area contributed by atoms with Gasteiger partial charge in [-0.1, -0.05) is 0 Å². The predicted molar refractivity (Wildman–Crippen MR) is 176 cm³/mol. The van der Waals surface area contributed by atoms with Crippen molar-refractivity contribution in [2.24, 2.45) is 28.7 Å². The number of carbonyl (C=O) groups excluding carboxylic acids is 2. The fourth-order valence-electron chi connectivity index (χ4n) is 6.38. The van der Waals surface area contributed by atoms with Gasteiger partial charge < -0.3 is 84.4 Å². The lowest BCUT2D eigenvalue weighted by atomic mass is 9.82. The highest BCUT2D eigenvalue weighted by molar-refractivity contribution is 5.82. The maximum absolute atomic E-state index is 12.6. The highest BCUT2D eigenvalue weighted by Crippen LogP contribution is 2.29. The highest BCUT2D eigenvalue weighted by Gasteiger charge is 2.49. The average Bonchev–Trinajstić information content (AvgIpc) is 3.39. The van der Waals surface area contributed by atoms with Crippen LogP contribution >= 0.6 is 0 Å². The molecule has 0 aromatic carbocycles. The molecule has 1 aromatic rings. The molecule has 15 atom stereocenters. The zero-order valence-electron chi connectivity index (χ0n) is 27.9. The normalized spacial score (nSPS) is 37.5. The summed E-state index contributed by atoms with van der Waals surface area (Å²) in [6, 6.07) is -3.10. The molecule has 0 bridgehead atoms. The van der Waals surface area contributed by atoms with E-state index in [1.54, 1.807) is 0 Å². The van der Waals surface area contributed by atoms with Crippen molar-refractivity contribution in [2.45, 2.75) is 117 Å². The number of H-pyrrole nitrogens is 1. The number of aromatic amines is 1. The Morgan fingerprint density at radius 1 is 0.941 bits per heavy atom. The molecule has 2 saturated heterocycles. The van der Waals surface area contributed by atoms with Crippen LogP contribution in [0.4, 0.5) is 0 Å². The van der Waals surface area contributed by atoms with E-state index in [1.807, 2.05) is 4.98 Å². The molecule has 3 fully saturated rings. The van der Waals surface area contributed by atoms with Crippen molar-refractivity contribution in [3.8, 4) is 0 Å². The average molecular weight is 733 g/mol. The summed E-state index contributed by atoms with van der Waals surface area (Å²) in [5.74, 6) is -1.16. The zero-order chi connectivity index (χ0) is 37.6. The van der Waals surface area contributed by atoms with Crippen LogP contribution in [0.2, 0.25) is 0 Å². The second-order valence-corrected chi connectivity index (χ2v) is 13.1. The molecule has 0 radical (unpaired) electrons. The SMILES string of the molecule is NC[C@H]1O[C@H](O[C@H]2[C@@H](NCCNC(=O)[C@@H](N)CCCCNC(=O)[C@H]3O[C@@H](n4ccc(=O)[nH]c4=O)[C@H](O)[C@@H]3O)[C@@H](O)[C@H](N)C[C@@H]2N)[C@H](N)[C@@H](O)[C@@H]1O. The summed E-state index contributed by atoms with van der Waals surface area (Å²) in [6.07, 6.45) is -10.4. The second kappa shape index (κ2) is 18.2. The van der Waals surface area contributed by atoms with Crippen LogP contribution in [-0.2, 0) is 23.8 Å². The number of nitrogens with zero attached hydrogens (tertiary/aromatic N) is 1. The number of rotatable bonds is 15. The lowest BCUT2D eigenvalue weighted by Crippen LogP contribution is -2.70.